The van der Waals surface area contributed by atoms with E-state index >= 15 is 0 Å². The average molecular weight is 417 g/mol. The fourth-order valence-corrected chi connectivity index (χ4v) is 2.80. The van der Waals surface area contributed by atoms with Gasteiger partial charge >= 0.3 is 0 Å². The molecule has 6 nitrogen and oxygen atoms in total. The van der Waals surface area contributed by atoms with Crippen molar-refractivity contribution >= 4 is 23.7 Å². The number of carbonyl (C=O) groups is 1. The number of nitrogens with zero attached hydrogens (tertiary/aromatic N) is 1. The van der Waals surface area contributed by atoms with E-state index in [0.29, 0.717) is 41.9 Å². The van der Waals surface area contributed by atoms with Gasteiger partial charge in [0.15, 0.2) is 11.5 Å². The number of benzene rings is 2. The zero-order valence-electron chi connectivity index (χ0n) is 16.6. The molecule has 0 aliphatic carbocycles. The molecule has 154 valence electrons. The molecule has 2 aromatic carbocycles. The number of hydrogen-bond donors (Lipinski definition) is 1. The number of halogens is 1. The largest absolute Gasteiger partial charge is 0.490 e. The summed E-state index contributed by atoms with van der Waals surface area (Å²) in [4.78, 5) is 10.9. The summed E-state index contributed by atoms with van der Waals surface area (Å²) in [6, 6.07) is 11.2. The van der Waals surface area contributed by atoms with Crippen molar-refractivity contribution in [2.24, 2.45) is 5.10 Å². The highest BCUT2D eigenvalue weighted by molar-refractivity contribution is 6.32. The van der Waals surface area contributed by atoms with Crippen LogP contribution in [0.1, 0.15) is 25.0 Å². The SMILES string of the molecule is C=CCc1ccccc1OCCOc1c(Cl)cc(C=NNC(C)=O)cc1OCC. The van der Waals surface area contributed by atoms with E-state index in [2.05, 4.69) is 17.1 Å². The third-order valence-corrected chi connectivity index (χ3v) is 3.97. The minimum Gasteiger partial charge on any atom is -0.490 e. The summed E-state index contributed by atoms with van der Waals surface area (Å²) in [5, 5.41) is 4.22. The Bertz CT molecular complexity index is 868. The molecule has 0 heterocycles. The molecule has 29 heavy (non-hydrogen) atoms. The number of hydrazone groups is 1. The molecule has 0 bridgehead atoms. The van der Waals surface area contributed by atoms with Crippen LogP contribution in [0.2, 0.25) is 5.02 Å². The maximum atomic E-state index is 10.9. The molecule has 1 N–H and O–H groups in total. The van der Waals surface area contributed by atoms with Gasteiger partial charge in [0.25, 0.3) is 0 Å². The minimum atomic E-state index is -0.257. The van der Waals surface area contributed by atoms with E-state index < -0.39 is 0 Å². The highest BCUT2D eigenvalue weighted by Gasteiger charge is 2.12. The molecule has 7 heteroatoms. The Morgan fingerprint density at radius 1 is 1.17 bits per heavy atom. The van der Waals surface area contributed by atoms with Crippen molar-refractivity contribution < 1.29 is 19.0 Å². The molecule has 0 fully saturated rings. The summed E-state index contributed by atoms with van der Waals surface area (Å²) in [5.41, 5.74) is 4.09. The molecule has 0 saturated carbocycles. The molecule has 2 rings (SSSR count). The van der Waals surface area contributed by atoms with Crippen molar-refractivity contribution in [1.29, 1.82) is 0 Å². The summed E-state index contributed by atoms with van der Waals surface area (Å²) in [6.45, 7) is 8.11. The Morgan fingerprint density at radius 2 is 1.93 bits per heavy atom. The number of rotatable bonds is 11. The van der Waals surface area contributed by atoms with Crippen LogP contribution in [0.4, 0.5) is 0 Å². The smallest absolute Gasteiger partial charge is 0.236 e. The van der Waals surface area contributed by atoms with Gasteiger partial charge in [-0.2, -0.15) is 5.10 Å². The first-order chi connectivity index (χ1) is 14.0. The lowest BCUT2D eigenvalue weighted by molar-refractivity contribution is -0.118. The fourth-order valence-electron chi connectivity index (χ4n) is 2.53. The fraction of sp³-hybridized carbons (Fsp3) is 0.273. The van der Waals surface area contributed by atoms with Crippen LogP contribution in [0.25, 0.3) is 0 Å². The standard InChI is InChI=1S/C22H25ClN2O4/c1-4-8-18-9-6-7-10-20(18)28-11-12-29-22-19(23)13-17(14-21(22)27-5-2)15-24-25-16(3)26/h4,6-7,9-10,13-15H,1,5,8,11-12H2,2-3H3,(H,25,26). The van der Waals surface area contributed by atoms with Gasteiger partial charge in [0.05, 0.1) is 17.8 Å². The highest BCUT2D eigenvalue weighted by atomic mass is 35.5. The molecule has 0 radical (unpaired) electrons. The Labute approximate surface area is 176 Å². The predicted octanol–water partition coefficient (Wildman–Crippen LogP) is 4.40. The van der Waals surface area contributed by atoms with Gasteiger partial charge in [-0.1, -0.05) is 35.9 Å². The Kier molecular flexibility index (Phi) is 9.05. The van der Waals surface area contributed by atoms with E-state index in [-0.39, 0.29) is 5.91 Å². The van der Waals surface area contributed by atoms with Crippen LogP contribution in [0.15, 0.2) is 54.2 Å². The molecule has 0 unspecified atom stereocenters. The molecule has 2 aromatic rings. The van der Waals surface area contributed by atoms with Gasteiger partial charge in [-0.05, 0) is 42.7 Å². The van der Waals surface area contributed by atoms with E-state index in [1.54, 1.807) is 12.1 Å². The van der Waals surface area contributed by atoms with Crippen LogP contribution in [-0.2, 0) is 11.2 Å². The van der Waals surface area contributed by atoms with Crippen LogP contribution < -0.4 is 19.6 Å². The normalized spacial score (nSPS) is 10.6. The van der Waals surface area contributed by atoms with Crippen LogP contribution in [0.3, 0.4) is 0 Å². The van der Waals surface area contributed by atoms with Gasteiger partial charge in [0.2, 0.25) is 5.91 Å². The van der Waals surface area contributed by atoms with Crippen LogP contribution in [-0.4, -0.2) is 31.9 Å². The number of para-hydroxylation sites is 1. The minimum absolute atomic E-state index is 0.257. The average Bonchev–Trinajstić information content (AvgIpc) is 2.68. The van der Waals surface area contributed by atoms with E-state index in [4.69, 9.17) is 25.8 Å². The van der Waals surface area contributed by atoms with Crippen molar-refractivity contribution in [2.75, 3.05) is 19.8 Å². The molecular formula is C22H25ClN2O4. The van der Waals surface area contributed by atoms with Crippen LogP contribution in [0, 0.1) is 0 Å². The third kappa shape index (κ3) is 7.16. The monoisotopic (exact) mass is 416 g/mol. The zero-order valence-corrected chi connectivity index (χ0v) is 17.4. The molecule has 0 aliphatic heterocycles. The topological polar surface area (TPSA) is 69.2 Å². The number of ether oxygens (including phenoxy) is 3. The third-order valence-electron chi connectivity index (χ3n) is 3.69. The lowest BCUT2D eigenvalue weighted by Crippen LogP contribution is -2.12. The lowest BCUT2D eigenvalue weighted by Gasteiger charge is -2.15. The number of amides is 1. The van der Waals surface area contributed by atoms with Crippen molar-refractivity contribution in [3.8, 4) is 17.2 Å². The lowest BCUT2D eigenvalue weighted by atomic mass is 10.1. The molecular weight excluding hydrogens is 392 g/mol. The van der Waals surface area contributed by atoms with E-state index in [9.17, 15) is 4.79 Å². The number of hydrogen-bond acceptors (Lipinski definition) is 5. The second-order valence-corrected chi connectivity index (χ2v) is 6.39. The molecule has 0 aromatic heterocycles. The number of allylic oxidation sites excluding steroid dienone is 1. The predicted molar refractivity (Wildman–Crippen MR) is 115 cm³/mol. The quantitative estimate of drug-likeness (QED) is 0.255. The van der Waals surface area contributed by atoms with Crippen LogP contribution in [0.5, 0.6) is 17.2 Å². The molecule has 0 spiro atoms. The maximum Gasteiger partial charge on any atom is 0.236 e. The molecule has 0 atom stereocenters. The van der Waals surface area contributed by atoms with Gasteiger partial charge in [-0.3, -0.25) is 4.79 Å². The molecule has 1 amide bonds. The second-order valence-electron chi connectivity index (χ2n) is 5.99. The first-order valence-electron chi connectivity index (χ1n) is 9.25. The Balaban J connectivity index is 2.03. The van der Waals surface area contributed by atoms with Gasteiger partial charge < -0.3 is 14.2 Å². The summed E-state index contributed by atoms with van der Waals surface area (Å²) in [7, 11) is 0. The second kappa shape index (κ2) is 11.8. The van der Waals surface area contributed by atoms with Crippen molar-refractivity contribution in [3.05, 3.63) is 65.2 Å². The van der Waals surface area contributed by atoms with Gasteiger partial charge in [-0.15, -0.1) is 6.58 Å². The highest BCUT2D eigenvalue weighted by Crippen LogP contribution is 2.36. The molecule has 0 saturated heterocycles. The zero-order chi connectivity index (χ0) is 21.1. The van der Waals surface area contributed by atoms with E-state index in [0.717, 1.165) is 17.7 Å². The number of carbonyl (C=O) groups excluding carboxylic acids is 1. The van der Waals surface area contributed by atoms with E-state index in [1.165, 1.54) is 13.1 Å². The van der Waals surface area contributed by atoms with Gasteiger partial charge in [0.1, 0.15) is 19.0 Å². The summed E-state index contributed by atoms with van der Waals surface area (Å²) < 4.78 is 17.3. The summed E-state index contributed by atoms with van der Waals surface area (Å²) in [6.07, 6.45) is 4.06. The first-order valence-corrected chi connectivity index (χ1v) is 9.63. The van der Waals surface area contributed by atoms with Crippen molar-refractivity contribution in [1.82, 2.24) is 5.43 Å². The maximum absolute atomic E-state index is 10.9. The molecule has 0 aliphatic rings. The van der Waals surface area contributed by atoms with E-state index in [1.807, 2.05) is 37.3 Å². The number of nitrogens with one attached hydrogen (secondary N) is 1. The van der Waals surface area contributed by atoms with Crippen LogP contribution >= 0.6 is 11.6 Å². The van der Waals surface area contributed by atoms with Gasteiger partial charge in [-0.25, -0.2) is 5.43 Å². The Morgan fingerprint density at radius 3 is 2.66 bits per heavy atom. The Hall–Kier alpha value is -2.99. The van der Waals surface area contributed by atoms with Gasteiger partial charge in [0, 0.05) is 6.92 Å². The van der Waals surface area contributed by atoms with Crippen molar-refractivity contribution in [3.63, 3.8) is 0 Å². The first kappa shape index (κ1) is 22.3. The van der Waals surface area contributed by atoms with Crippen molar-refractivity contribution in [2.45, 2.75) is 20.3 Å². The summed E-state index contributed by atoms with van der Waals surface area (Å²) >= 11 is 6.37. The summed E-state index contributed by atoms with van der Waals surface area (Å²) in [5.74, 6) is 1.48.